The van der Waals surface area contributed by atoms with Crippen molar-refractivity contribution in [3.63, 3.8) is 0 Å². The Labute approximate surface area is 161 Å². The molecule has 0 bridgehead atoms. The minimum absolute atomic E-state index is 0.356. The molecule has 1 saturated heterocycles. The van der Waals surface area contributed by atoms with Gasteiger partial charge in [-0.25, -0.2) is 4.79 Å². The van der Waals surface area contributed by atoms with Crippen LogP contribution < -0.4 is 4.90 Å². The molecule has 0 spiro atoms. The fourth-order valence-electron chi connectivity index (χ4n) is 3.27. The lowest BCUT2D eigenvalue weighted by Gasteiger charge is -2.26. The molecule has 2 aromatic rings. The predicted octanol–water partition coefficient (Wildman–Crippen LogP) is 3.74. The van der Waals surface area contributed by atoms with Gasteiger partial charge in [-0.15, -0.1) is 11.3 Å². The number of hydrogen-bond acceptors (Lipinski definition) is 6. The van der Waals surface area contributed by atoms with Crippen molar-refractivity contribution in [1.29, 1.82) is 0 Å². The molecule has 1 fully saturated rings. The molecule has 1 aromatic carbocycles. The second-order valence-electron chi connectivity index (χ2n) is 6.61. The van der Waals surface area contributed by atoms with Gasteiger partial charge in [-0.3, -0.25) is 4.79 Å². The number of piperidine rings is 1. The number of thiophene rings is 1. The van der Waals surface area contributed by atoms with Crippen molar-refractivity contribution in [2.24, 2.45) is 5.16 Å². The highest BCUT2D eigenvalue weighted by atomic mass is 32.1. The van der Waals surface area contributed by atoms with E-state index in [1.165, 1.54) is 9.88 Å². The molecule has 138 valence electrons. The Bertz CT molecular complexity index is 905. The maximum absolute atomic E-state index is 12.0. The monoisotopic (exact) mass is 380 g/mol. The van der Waals surface area contributed by atoms with E-state index in [0.717, 1.165) is 31.5 Å². The molecule has 2 aliphatic rings. The SMILES string of the molecule is O=C1CCN(c2ccc(CC/C=C3\C(=O)ON=C3c3ccccc3)s2)CC1. The van der Waals surface area contributed by atoms with Crippen molar-refractivity contribution in [2.45, 2.75) is 25.7 Å². The fraction of sp³-hybridized carbons (Fsp3) is 0.286. The second-order valence-corrected chi connectivity index (χ2v) is 7.75. The highest BCUT2D eigenvalue weighted by Gasteiger charge is 2.26. The summed E-state index contributed by atoms with van der Waals surface area (Å²) in [7, 11) is 0. The van der Waals surface area contributed by atoms with Gasteiger partial charge in [0.1, 0.15) is 11.5 Å². The Kier molecular flexibility index (Phi) is 5.16. The minimum Gasteiger partial charge on any atom is -0.363 e. The average Bonchev–Trinajstić information content (AvgIpc) is 3.31. The number of aryl methyl sites for hydroxylation is 1. The summed E-state index contributed by atoms with van der Waals surface area (Å²) in [6.45, 7) is 1.62. The summed E-state index contributed by atoms with van der Waals surface area (Å²) < 4.78 is 0. The van der Waals surface area contributed by atoms with Crippen LogP contribution in [0.2, 0.25) is 0 Å². The summed E-state index contributed by atoms with van der Waals surface area (Å²) in [5, 5.41) is 5.15. The Morgan fingerprint density at radius 2 is 1.85 bits per heavy atom. The number of oxime groups is 1. The van der Waals surface area contributed by atoms with Gasteiger partial charge in [0.25, 0.3) is 0 Å². The number of rotatable bonds is 5. The summed E-state index contributed by atoms with van der Waals surface area (Å²) in [6, 6.07) is 13.9. The van der Waals surface area contributed by atoms with Crippen LogP contribution in [-0.2, 0) is 20.8 Å². The number of hydrogen-bond donors (Lipinski definition) is 0. The molecule has 5 nitrogen and oxygen atoms in total. The van der Waals surface area contributed by atoms with E-state index >= 15 is 0 Å². The Balaban J connectivity index is 1.39. The topological polar surface area (TPSA) is 59.0 Å². The van der Waals surface area contributed by atoms with Gasteiger partial charge in [-0.1, -0.05) is 41.6 Å². The molecule has 2 aliphatic heterocycles. The number of Topliss-reactive ketones (excluding diaryl/α,β-unsaturated/α-hetero) is 1. The van der Waals surface area contributed by atoms with Crippen LogP contribution in [0.3, 0.4) is 0 Å². The van der Waals surface area contributed by atoms with Crippen LogP contribution in [0.15, 0.2) is 59.3 Å². The summed E-state index contributed by atoms with van der Waals surface area (Å²) in [6.07, 6.45) is 4.80. The van der Waals surface area contributed by atoms with Gasteiger partial charge in [0.05, 0.1) is 10.6 Å². The first kappa shape index (κ1) is 17.7. The fourth-order valence-corrected chi connectivity index (χ4v) is 4.34. The Hall–Kier alpha value is -2.73. The zero-order valence-electron chi connectivity index (χ0n) is 14.9. The molecule has 27 heavy (non-hydrogen) atoms. The van der Waals surface area contributed by atoms with E-state index in [-0.39, 0.29) is 0 Å². The van der Waals surface area contributed by atoms with Gasteiger partial charge in [0, 0.05) is 36.4 Å². The lowest BCUT2D eigenvalue weighted by Crippen LogP contribution is -2.33. The molecule has 0 atom stereocenters. The Morgan fingerprint density at radius 3 is 2.63 bits per heavy atom. The van der Waals surface area contributed by atoms with E-state index in [1.807, 2.05) is 36.4 Å². The van der Waals surface area contributed by atoms with E-state index in [0.29, 0.717) is 29.9 Å². The number of benzene rings is 1. The van der Waals surface area contributed by atoms with Crippen molar-refractivity contribution in [1.82, 2.24) is 0 Å². The molecule has 6 heteroatoms. The van der Waals surface area contributed by atoms with Crippen LogP contribution in [0, 0.1) is 0 Å². The normalized spacial score (nSPS) is 18.7. The van der Waals surface area contributed by atoms with E-state index in [2.05, 4.69) is 22.2 Å². The molecule has 0 aliphatic carbocycles. The molecule has 1 aromatic heterocycles. The molecule has 0 radical (unpaired) electrons. The lowest BCUT2D eigenvalue weighted by atomic mass is 10.0. The highest BCUT2D eigenvalue weighted by Crippen LogP contribution is 2.29. The van der Waals surface area contributed by atoms with Gasteiger partial charge in [-0.2, -0.15) is 0 Å². The average molecular weight is 380 g/mol. The van der Waals surface area contributed by atoms with Crippen molar-refractivity contribution < 1.29 is 14.4 Å². The van der Waals surface area contributed by atoms with Crippen LogP contribution in [-0.4, -0.2) is 30.6 Å². The maximum Gasteiger partial charge on any atom is 0.367 e. The number of nitrogens with zero attached hydrogens (tertiary/aromatic N) is 2. The number of ketones is 1. The van der Waals surface area contributed by atoms with Crippen molar-refractivity contribution >= 4 is 33.8 Å². The van der Waals surface area contributed by atoms with E-state index in [4.69, 9.17) is 4.84 Å². The van der Waals surface area contributed by atoms with Gasteiger partial charge in [0.15, 0.2) is 0 Å². The third-order valence-corrected chi connectivity index (χ3v) is 5.97. The number of allylic oxidation sites excluding steroid dienone is 1. The van der Waals surface area contributed by atoms with Gasteiger partial charge in [0.2, 0.25) is 0 Å². The van der Waals surface area contributed by atoms with Gasteiger partial charge >= 0.3 is 5.97 Å². The molecule has 4 rings (SSSR count). The van der Waals surface area contributed by atoms with Crippen LogP contribution in [0.1, 0.15) is 29.7 Å². The quantitative estimate of drug-likeness (QED) is 0.586. The number of carbonyl (C=O) groups excluding carboxylic acids is 2. The zero-order valence-corrected chi connectivity index (χ0v) is 15.7. The van der Waals surface area contributed by atoms with Crippen LogP contribution in [0.5, 0.6) is 0 Å². The summed E-state index contributed by atoms with van der Waals surface area (Å²) in [5.41, 5.74) is 2.02. The second kappa shape index (κ2) is 7.88. The summed E-state index contributed by atoms with van der Waals surface area (Å²) in [5.74, 6) is -0.0345. The third kappa shape index (κ3) is 4.01. The lowest BCUT2D eigenvalue weighted by molar-refractivity contribution is -0.136. The summed E-state index contributed by atoms with van der Waals surface area (Å²) in [4.78, 5) is 31.8. The van der Waals surface area contributed by atoms with E-state index in [1.54, 1.807) is 11.3 Å². The molecular formula is C21H20N2O3S. The van der Waals surface area contributed by atoms with Crippen molar-refractivity contribution in [3.05, 3.63) is 64.6 Å². The van der Waals surface area contributed by atoms with E-state index in [9.17, 15) is 9.59 Å². The number of anilines is 1. The third-order valence-electron chi connectivity index (χ3n) is 4.76. The largest absolute Gasteiger partial charge is 0.367 e. The number of carbonyl (C=O) groups is 2. The molecule has 0 saturated carbocycles. The van der Waals surface area contributed by atoms with Crippen molar-refractivity contribution in [3.8, 4) is 0 Å². The first-order valence-electron chi connectivity index (χ1n) is 9.11. The molecular weight excluding hydrogens is 360 g/mol. The summed E-state index contributed by atoms with van der Waals surface area (Å²) >= 11 is 1.76. The smallest absolute Gasteiger partial charge is 0.363 e. The first-order valence-corrected chi connectivity index (χ1v) is 9.93. The molecule has 0 N–H and O–H groups in total. The van der Waals surface area contributed by atoms with Crippen LogP contribution in [0.4, 0.5) is 5.00 Å². The van der Waals surface area contributed by atoms with E-state index < -0.39 is 5.97 Å². The maximum atomic E-state index is 12.0. The van der Waals surface area contributed by atoms with Crippen molar-refractivity contribution in [2.75, 3.05) is 18.0 Å². The Morgan fingerprint density at radius 1 is 1.07 bits per heavy atom. The highest BCUT2D eigenvalue weighted by molar-refractivity contribution is 7.16. The van der Waals surface area contributed by atoms with Gasteiger partial charge in [-0.05, 0) is 25.0 Å². The standard InChI is InChI=1S/C21H20N2O3S/c24-16-11-13-23(14-12-16)19-10-9-17(27-19)7-4-8-18-20(22-26-21(18)25)15-5-2-1-3-6-15/h1-3,5-6,8-10H,4,7,11-14H2/b18-8-. The van der Waals surface area contributed by atoms with Crippen LogP contribution >= 0.6 is 11.3 Å². The molecule has 0 amide bonds. The predicted molar refractivity (Wildman–Crippen MR) is 106 cm³/mol. The zero-order chi connectivity index (χ0) is 18.6. The molecule has 0 unspecified atom stereocenters. The first-order chi connectivity index (χ1) is 13.2. The molecule has 3 heterocycles. The van der Waals surface area contributed by atoms with Crippen LogP contribution in [0.25, 0.3) is 0 Å². The minimum atomic E-state index is -0.390. The van der Waals surface area contributed by atoms with Gasteiger partial charge < -0.3 is 9.74 Å².